The Bertz CT molecular complexity index is 371. The van der Waals surface area contributed by atoms with Gasteiger partial charge < -0.3 is 5.32 Å². The minimum Gasteiger partial charge on any atom is -0.316 e. The number of hydrogen-bond acceptors (Lipinski definition) is 2. The zero-order valence-electron chi connectivity index (χ0n) is 11.2. The molecular formula is C14H21Cl2NS. The van der Waals surface area contributed by atoms with Crippen molar-refractivity contribution in [2.45, 2.75) is 38.0 Å². The highest BCUT2D eigenvalue weighted by Gasteiger charge is 2.12. The lowest BCUT2D eigenvalue weighted by atomic mass is 10.1. The Labute approximate surface area is 125 Å². The van der Waals surface area contributed by atoms with E-state index in [1.807, 2.05) is 37.0 Å². The van der Waals surface area contributed by atoms with Crippen molar-refractivity contribution >= 4 is 35.0 Å². The standard InChI is InChI=1S/C14H21Cl2NS/c1-4-10(2)18-9-12(17-3)8-11-6-5-7-13(15)14(11)16/h5-7,10,12,17H,4,8-9H2,1-3H3. The van der Waals surface area contributed by atoms with Crippen LogP contribution in [0.15, 0.2) is 18.2 Å². The molecule has 0 fully saturated rings. The van der Waals surface area contributed by atoms with Gasteiger partial charge in [-0.2, -0.15) is 11.8 Å². The molecular weight excluding hydrogens is 285 g/mol. The molecule has 0 aliphatic heterocycles. The van der Waals surface area contributed by atoms with Crippen LogP contribution in [0.5, 0.6) is 0 Å². The van der Waals surface area contributed by atoms with Gasteiger partial charge in [-0.15, -0.1) is 0 Å². The van der Waals surface area contributed by atoms with Crippen LogP contribution in [0.25, 0.3) is 0 Å². The Hall–Kier alpha value is 0.110. The maximum Gasteiger partial charge on any atom is 0.0624 e. The van der Waals surface area contributed by atoms with E-state index in [1.165, 1.54) is 6.42 Å². The second kappa shape index (κ2) is 8.31. The van der Waals surface area contributed by atoms with Crippen LogP contribution in [-0.2, 0) is 6.42 Å². The van der Waals surface area contributed by atoms with Crippen LogP contribution in [0, 0.1) is 0 Å². The molecule has 0 saturated heterocycles. The molecule has 0 bridgehead atoms. The van der Waals surface area contributed by atoms with E-state index in [9.17, 15) is 0 Å². The lowest BCUT2D eigenvalue weighted by molar-refractivity contribution is 0.616. The van der Waals surface area contributed by atoms with Crippen LogP contribution in [0.2, 0.25) is 10.0 Å². The second-order valence-electron chi connectivity index (χ2n) is 4.45. The minimum absolute atomic E-state index is 0.431. The smallest absolute Gasteiger partial charge is 0.0624 e. The maximum atomic E-state index is 6.22. The van der Waals surface area contributed by atoms with Crippen LogP contribution in [0.1, 0.15) is 25.8 Å². The molecule has 0 saturated carbocycles. The maximum absolute atomic E-state index is 6.22. The first-order chi connectivity index (χ1) is 8.58. The molecule has 0 spiro atoms. The number of thioether (sulfide) groups is 1. The lowest BCUT2D eigenvalue weighted by Gasteiger charge is -2.19. The average molecular weight is 306 g/mol. The Morgan fingerprint density at radius 3 is 2.67 bits per heavy atom. The summed E-state index contributed by atoms with van der Waals surface area (Å²) in [6.07, 6.45) is 2.12. The summed E-state index contributed by atoms with van der Waals surface area (Å²) in [5.41, 5.74) is 1.12. The molecule has 0 aliphatic rings. The van der Waals surface area contributed by atoms with Crippen molar-refractivity contribution in [1.29, 1.82) is 0 Å². The summed E-state index contributed by atoms with van der Waals surface area (Å²) < 4.78 is 0. The summed E-state index contributed by atoms with van der Waals surface area (Å²) in [5, 5.41) is 5.38. The Balaban J connectivity index is 2.59. The molecule has 0 radical (unpaired) electrons. The van der Waals surface area contributed by atoms with E-state index in [-0.39, 0.29) is 0 Å². The van der Waals surface area contributed by atoms with Crippen molar-refractivity contribution < 1.29 is 0 Å². The number of rotatable bonds is 7. The van der Waals surface area contributed by atoms with Gasteiger partial charge in [0.25, 0.3) is 0 Å². The number of halogens is 2. The quantitative estimate of drug-likeness (QED) is 0.786. The van der Waals surface area contributed by atoms with Crippen LogP contribution < -0.4 is 5.32 Å². The third kappa shape index (κ3) is 5.00. The molecule has 4 heteroatoms. The third-order valence-electron chi connectivity index (χ3n) is 3.06. The molecule has 1 aromatic rings. The molecule has 1 aromatic carbocycles. The number of hydrogen-bond donors (Lipinski definition) is 1. The highest BCUT2D eigenvalue weighted by molar-refractivity contribution is 7.99. The molecule has 2 atom stereocenters. The van der Waals surface area contributed by atoms with Gasteiger partial charge in [-0.05, 0) is 31.5 Å². The molecule has 0 aliphatic carbocycles. The summed E-state index contributed by atoms with van der Waals surface area (Å²) in [6, 6.07) is 6.26. The van der Waals surface area contributed by atoms with Gasteiger partial charge in [0.2, 0.25) is 0 Å². The normalized spacial score (nSPS) is 14.5. The predicted molar refractivity (Wildman–Crippen MR) is 85.2 cm³/mol. The van der Waals surface area contributed by atoms with Crippen molar-refractivity contribution in [3.8, 4) is 0 Å². The van der Waals surface area contributed by atoms with Crippen LogP contribution >= 0.6 is 35.0 Å². The molecule has 1 nitrogen and oxygen atoms in total. The Morgan fingerprint density at radius 2 is 2.06 bits per heavy atom. The number of nitrogens with one attached hydrogen (secondary N) is 1. The largest absolute Gasteiger partial charge is 0.316 e. The van der Waals surface area contributed by atoms with Crippen LogP contribution in [0.3, 0.4) is 0 Å². The van der Waals surface area contributed by atoms with E-state index < -0.39 is 0 Å². The second-order valence-corrected chi connectivity index (χ2v) is 6.71. The van der Waals surface area contributed by atoms with Gasteiger partial charge in [0, 0.05) is 17.0 Å². The first-order valence-electron chi connectivity index (χ1n) is 6.30. The monoisotopic (exact) mass is 305 g/mol. The molecule has 102 valence electrons. The zero-order chi connectivity index (χ0) is 13.5. The lowest BCUT2D eigenvalue weighted by Crippen LogP contribution is -2.30. The number of likely N-dealkylation sites (N-methyl/N-ethyl adjacent to an activating group) is 1. The van der Waals surface area contributed by atoms with Gasteiger partial charge in [0.05, 0.1) is 10.0 Å². The molecule has 2 unspecified atom stereocenters. The van der Waals surface area contributed by atoms with Gasteiger partial charge in [0.15, 0.2) is 0 Å². The third-order valence-corrected chi connectivity index (χ3v) is 5.42. The summed E-state index contributed by atoms with van der Waals surface area (Å²) in [7, 11) is 2.00. The SMILES string of the molecule is CCC(C)SCC(Cc1cccc(Cl)c1Cl)NC. The van der Waals surface area contributed by atoms with E-state index in [0.29, 0.717) is 21.3 Å². The van der Waals surface area contributed by atoms with E-state index in [1.54, 1.807) is 0 Å². The molecule has 1 rings (SSSR count). The molecule has 0 aromatic heterocycles. The van der Waals surface area contributed by atoms with E-state index in [2.05, 4.69) is 19.2 Å². The number of benzene rings is 1. The summed E-state index contributed by atoms with van der Waals surface area (Å²) in [4.78, 5) is 0. The summed E-state index contributed by atoms with van der Waals surface area (Å²) in [6.45, 7) is 4.49. The van der Waals surface area contributed by atoms with E-state index >= 15 is 0 Å². The van der Waals surface area contributed by atoms with Gasteiger partial charge in [-0.3, -0.25) is 0 Å². The minimum atomic E-state index is 0.431. The van der Waals surface area contributed by atoms with Crippen LogP contribution in [-0.4, -0.2) is 24.1 Å². The van der Waals surface area contributed by atoms with Crippen molar-refractivity contribution in [3.63, 3.8) is 0 Å². The Kier molecular flexibility index (Phi) is 7.47. The summed E-state index contributed by atoms with van der Waals surface area (Å²) in [5.74, 6) is 1.09. The molecule has 18 heavy (non-hydrogen) atoms. The van der Waals surface area contributed by atoms with Crippen molar-refractivity contribution in [2.24, 2.45) is 0 Å². The fourth-order valence-corrected chi connectivity index (χ4v) is 3.09. The molecule has 0 heterocycles. The van der Waals surface area contributed by atoms with Gasteiger partial charge in [-0.25, -0.2) is 0 Å². The topological polar surface area (TPSA) is 12.0 Å². The van der Waals surface area contributed by atoms with E-state index in [4.69, 9.17) is 23.2 Å². The summed E-state index contributed by atoms with van der Waals surface area (Å²) >= 11 is 14.3. The molecule has 0 amide bonds. The predicted octanol–water partition coefficient (Wildman–Crippen LogP) is 4.66. The highest BCUT2D eigenvalue weighted by Crippen LogP contribution is 2.27. The fraction of sp³-hybridized carbons (Fsp3) is 0.571. The highest BCUT2D eigenvalue weighted by atomic mass is 35.5. The van der Waals surface area contributed by atoms with Crippen molar-refractivity contribution in [3.05, 3.63) is 33.8 Å². The van der Waals surface area contributed by atoms with Crippen molar-refractivity contribution in [2.75, 3.05) is 12.8 Å². The first-order valence-corrected chi connectivity index (χ1v) is 8.10. The van der Waals surface area contributed by atoms with Crippen molar-refractivity contribution in [1.82, 2.24) is 5.32 Å². The fourth-order valence-electron chi connectivity index (χ4n) is 1.61. The van der Waals surface area contributed by atoms with E-state index in [0.717, 1.165) is 17.7 Å². The zero-order valence-corrected chi connectivity index (χ0v) is 13.5. The Morgan fingerprint density at radius 1 is 1.33 bits per heavy atom. The van der Waals surface area contributed by atoms with Gasteiger partial charge in [0.1, 0.15) is 0 Å². The van der Waals surface area contributed by atoms with Crippen LogP contribution in [0.4, 0.5) is 0 Å². The average Bonchev–Trinajstić information content (AvgIpc) is 2.38. The first kappa shape index (κ1) is 16.2. The van der Waals surface area contributed by atoms with Gasteiger partial charge >= 0.3 is 0 Å². The molecule has 1 N–H and O–H groups in total. The van der Waals surface area contributed by atoms with Gasteiger partial charge in [-0.1, -0.05) is 49.2 Å².